The third-order valence-electron chi connectivity index (χ3n) is 2.53. The van der Waals surface area contributed by atoms with Crippen LogP contribution in [0.25, 0.3) is 0 Å². The van der Waals surface area contributed by atoms with Gasteiger partial charge in [-0.15, -0.1) is 0 Å². The zero-order valence-corrected chi connectivity index (χ0v) is 13.3. The van der Waals surface area contributed by atoms with Gasteiger partial charge in [-0.2, -0.15) is 0 Å². The number of hydrogen-bond acceptors (Lipinski definition) is 4. The van der Waals surface area contributed by atoms with Gasteiger partial charge in [0.1, 0.15) is 10.1 Å². The summed E-state index contributed by atoms with van der Waals surface area (Å²) in [5.74, 6) is 0. The average Bonchev–Trinajstić information content (AvgIpc) is 2.09. The second kappa shape index (κ2) is 8.89. The van der Waals surface area contributed by atoms with E-state index in [0.29, 0.717) is 6.42 Å². The van der Waals surface area contributed by atoms with Crippen molar-refractivity contribution >= 4 is 10.1 Å². The zero-order valence-electron chi connectivity index (χ0n) is 10.5. The van der Waals surface area contributed by atoms with Gasteiger partial charge in [-0.25, -0.2) is 8.42 Å². The van der Waals surface area contributed by atoms with Crippen LogP contribution in [0.1, 0.15) is 58.8 Å². The van der Waals surface area contributed by atoms with E-state index in [1.165, 1.54) is 6.42 Å². The van der Waals surface area contributed by atoms with E-state index in [-0.39, 0.29) is 36.0 Å². The molecule has 0 radical (unpaired) electrons. The summed E-state index contributed by atoms with van der Waals surface area (Å²) in [6, 6.07) is 0. The smallest absolute Gasteiger partial charge is 0.746 e. The van der Waals surface area contributed by atoms with Crippen LogP contribution in [-0.4, -0.2) is 23.0 Å². The maximum absolute atomic E-state index is 10.6. The van der Waals surface area contributed by atoms with Crippen molar-refractivity contribution in [2.75, 3.05) is 0 Å². The molecule has 16 heavy (non-hydrogen) atoms. The van der Waals surface area contributed by atoms with Crippen molar-refractivity contribution in [3.05, 3.63) is 0 Å². The number of rotatable bonds is 8. The van der Waals surface area contributed by atoms with Gasteiger partial charge in [-0.1, -0.05) is 39.0 Å². The molecule has 0 aliphatic rings. The fourth-order valence-electron chi connectivity index (χ4n) is 1.36. The van der Waals surface area contributed by atoms with Gasteiger partial charge >= 0.3 is 29.6 Å². The molecular weight excluding hydrogens is 239 g/mol. The first-order valence-electron chi connectivity index (χ1n) is 5.49. The van der Waals surface area contributed by atoms with Crippen LogP contribution in [0.15, 0.2) is 0 Å². The molecule has 0 saturated carbocycles. The molecule has 1 atom stereocenters. The molecule has 0 spiro atoms. The maximum atomic E-state index is 10.6. The molecule has 0 fully saturated rings. The molecule has 0 aliphatic carbocycles. The van der Waals surface area contributed by atoms with E-state index < -0.39 is 15.1 Å². The molecule has 0 bridgehead atoms. The van der Waals surface area contributed by atoms with E-state index in [9.17, 15) is 18.1 Å². The van der Waals surface area contributed by atoms with Gasteiger partial charge in [0.15, 0.2) is 4.93 Å². The third kappa shape index (κ3) is 8.03. The molecular formula is C10H21NaO4S. The summed E-state index contributed by atoms with van der Waals surface area (Å²) < 4.78 is 31.8. The Morgan fingerprint density at radius 2 is 1.56 bits per heavy atom. The van der Waals surface area contributed by atoms with Crippen molar-refractivity contribution in [2.45, 2.75) is 63.7 Å². The van der Waals surface area contributed by atoms with E-state index in [4.69, 9.17) is 0 Å². The van der Waals surface area contributed by atoms with Gasteiger partial charge in [-0.05, 0) is 19.8 Å². The van der Waals surface area contributed by atoms with Gasteiger partial charge in [0.25, 0.3) is 0 Å². The largest absolute Gasteiger partial charge is 1.00 e. The van der Waals surface area contributed by atoms with Gasteiger partial charge in [-0.3, -0.25) is 0 Å². The molecule has 0 rings (SSSR count). The predicted molar refractivity (Wildman–Crippen MR) is 58.3 cm³/mol. The summed E-state index contributed by atoms with van der Waals surface area (Å²) in [6.07, 6.45) is 5.98. The molecule has 0 aromatic rings. The van der Waals surface area contributed by atoms with Crippen LogP contribution in [0.4, 0.5) is 0 Å². The molecule has 0 saturated heterocycles. The second-order valence-electron chi connectivity index (χ2n) is 4.15. The van der Waals surface area contributed by atoms with Crippen LogP contribution in [0, 0.1) is 0 Å². The van der Waals surface area contributed by atoms with Crippen LogP contribution in [0.3, 0.4) is 0 Å². The molecule has 1 N–H and O–H groups in total. The SMILES string of the molecule is CCCCCCCCC(C)(O)S(=O)(=O)[O-].[Na+]. The van der Waals surface area contributed by atoms with Crippen LogP contribution in [0.5, 0.6) is 0 Å². The Hall–Kier alpha value is 0.870. The monoisotopic (exact) mass is 260 g/mol. The maximum Gasteiger partial charge on any atom is 1.00 e. The van der Waals surface area contributed by atoms with Crippen molar-refractivity contribution < 1.29 is 47.6 Å². The Bertz CT molecular complexity index is 262. The normalized spacial score (nSPS) is 15.2. The van der Waals surface area contributed by atoms with Gasteiger partial charge in [0, 0.05) is 0 Å². The fourth-order valence-corrected chi connectivity index (χ4v) is 1.75. The molecule has 1 unspecified atom stereocenters. The topological polar surface area (TPSA) is 77.4 Å². The molecule has 0 aromatic carbocycles. The molecule has 0 aliphatic heterocycles. The Kier molecular flexibility index (Phi) is 10.7. The van der Waals surface area contributed by atoms with Crippen molar-refractivity contribution in [1.29, 1.82) is 0 Å². The Morgan fingerprint density at radius 3 is 2.00 bits per heavy atom. The van der Waals surface area contributed by atoms with E-state index in [0.717, 1.165) is 32.6 Å². The number of aliphatic hydroxyl groups is 1. The minimum absolute atomic E-state index is 0. The number of hydrogen-bond donors (Lipinski definition) is 1. The predicted octanol–water partition coefficient (Wildman–Crippen LogP) is -1.01. The van der Waals surface area contributed by atoms with Crippen LogP contribution < -0.4 is 29.6 Å². The molecule has 6 heteroatoms. The van der Waals surface area contributed by atoms with Crippen molar-refractivity contribution in [3.8, 4) is 0 Å². The summed E-state index contributed by atoms with van der Waals surface area (Å²) in [5, 5.41) is 9.35. The van der Waals surface area contributed by atoms with Crippen molar-refractivity contribution in [3.63, 3.8) is 0 Å². The number of unbranched alkanes of at least 4 members (excludes halogenated alkanes) is 5. The minimum Gasteiger partial charge on any atom is -0.746 e. The van der Waals surface area contributed by atoms with Crippen LogP contribution >= 0.6 is 0 Å². The first-order chi connectivity index (χ1) is 6.81. The summed E-state index contributed by atoms with van der Waals surface area (Å²) in [5.41, 5.74) is 0. The van der Waals surface area contributed by atoms with E-state index in [1.54, 1.807) is 0 Å². The summed E-state index contributed by atoms with van der Waals surface area (Å²) >= 11 is 0. The minimum atomic E-state index is -4.59. The molecule has 0 aromatic heterocycles. The summed E-state index contributed by atoms with van der Waals surface area (Å²) in [4.78, 5) is -2.10. The average molecular weight is 260 g/mol. The van der Waals surface area contributed by atoms with Crippen LogP contribution in [0.2, 0.25) is 0 Å². The second-order valence-corrected chi connectivity index (χ2v) is 5.93. The Labute approximate surface area is 121 Å². The quantitative estimate of drug-likeness (QED) is 0.345. The Morgan fingerprint density at radius 1 is 1.12 bits per heavy atom. The first kappa shape index (κ1) is 19.2. The third-order valence-corrected chi connectivity index (χ3v) is 3.81. The van der Waals surface area contributed by atoms with E-state index in [2.05, 4.69) is 6.92 Å². The summed E-state index contributed by atoms with van der Waals surface area (Å²) in [6.45, 7) is 3.19. The molecule has 4 nitrogen and oxygen atoms in total. The molecule has 0 heterocycles. The fraction of sp³-hybridized carbons (Fsp3) is 1.00. The summed E-state index contributed by atoms with van der Waals surface area (Å²) in [7, 11) is -4.59. The van der Waals surface area contributed by atoms with Gasteiger partial charge in [0.2, 0.25) is 0 Å². The standard InChI is InChI=1S/C10H22O4S.Na/c1-3-4-5-6-7-8-9-10(2,11)15(12,13)14;/h11H,3-9H2,1-2H3,(H,12,13,14);/q;+1/p-1. The molecule has 92 valence electrons. The van der Waals surface area contributed by atoms with Gasteiger partial charge in [0.05, 0.1) is 0 Å². The van der Waals surface area contributed by atoms with Gasteiger partial charge < -0.3 is 9.66 Å². The van der Waals surface area contributed by atoms with Crippen LogP contribution in [-0.2, 0) is 10.1 Å². The van der Waals surface area contributed by atoms with E-state index >= 15 is 0 Å². The van der Waals surface area contributed by atoms with Crippen molar-refractivity contribution in [1.82, 2.24) is 0 Å². The van der Waals surface area contributed by atoms with E-state index in [1.807, 2.05) is 0 Å². The zero-order chi connectivity index (χ0) is 11.9. The first-order valence-corrected chi connectivity index (χ1v) is 6.90. The Balaban J connectivity index is 0. The van der Waals surface area contributed by atoms with Crippen molar-refractivity contribution in [2.24, 2.45) is 0 Å². The molecule has 0 amide bonds.